The molecule has 7 nitrogen and oxygen atoms in total. The molecule has 0 spiro atoms. The number of benzene rings is 2. The minimum atomic E-state index is -0.427. The number of carbonyl (C=O) groups is 2. The number of methoxy groups -OCH3 is 2. The first kappa shape index (κ1) is 20.5. The largest absolute Gasteiger partial charge is 0.497 e. The molecule has 3 rings (SSSR count). The Morgan fingerprint density at radius 3 is 2.31 bits per heavy atom. The molecule has 0 aliphatic carbocycles. The lowest BCUT2D eigenvalue weighted by Gasteiger charge is -2.14. The van der Waals surface area contributed by atoms with E-state index in [2.05, 4.69) is 19.2 Å². The van der Waals surface area contributed by atoms with Gasteiger partial charge in [0, 0.05) is 17.3 Å². The molecular formula is C22H26N2O5. The highest BCUT2D eigenvalue weighted by Gasteiger charge is 2.32. The number of hydrogen-bond donors (Lipinski definition) is 1. The van der Waals surface area contributed by atoms with Crippen molar-refractivity contribution in [1.82, 2.24) is 5.32 Å². The predicted molar refractivity (Wildman–Crippen MR) is 110 cm³/mol. The standard InChI is InChI=1S/C22H26N2O5/c1-14(2)15-5-7-17(8-6-15)24-13-20(29-22(24)26)12-23-21(25)16-9-18(27-3)11-19(10-16)28-4/h5-11,14,20H,12-13H2,1-4H3,(H,23,25). The van der Waals surface area contributed by atoms with Gasteiger partial charge < -0.3 is 19.5 Å². The second-order valence-corrected chi connectivity index (χ2v) is 7.17. The molecule has 1 atom stereocenters. The van der Waals surface area contributed by atoms with Gasteiger partial charge in [-0.05, 0) is 35.7 Å². The van der Waals surface area contributed by atoms with Gasteiger partial charge in [0.05, 0.1) is 27.3 Å². The topological polar surface area (TPSA) is 77.1 Å². The minimum Gasteiger partial charge on any atom is -0.497 e. The summed E-state index contributed by atoms with van der Waals surface area (Å²) >= 11 is 0. The molecule has 1 N–H and O–H groups in total. The highest BCUT2D eigenvalue weighted by Crippen LogP contribution is 2.25. The molecule has 29 heavy (non-hydrogen) atoms. The van der Waals surface area contributed by atoms with E-state index >= 15 is 0 Å². The monoisotopic (exact) mass is 398 g/mol. The Morgan fingerprint density at radius 2 is 1.76 bits per heavy atom. The number of amides is 2. The fraction of sp³-hybridized carbons (Fsp3) is 0.364. The van der Waals surface area contributed by atoms with Crippen LogP contribution in [0.1, 0.15) is 35.7 Å². The van der Waals surface area contributed by atoms with Crippen LogP contribution in [0.5, 0.6) is 11.5 Å². The number of carbonyl (C=O) groups excluding carboxylic acids is 2. The van der Waals surface area contributed by atoms with Crippen LogP contribution < -0.4 is 19.7 Å². The number of hydrogen-bond acceptors (Lipinski definition) is 5. The van der Waals surface area contributed by atoms with Crippen LogP contribution >= 0.6 is 0 Å². The zero-order valence-corrected chi connectivity index (χ0v) is 17.1. The molecule has 2 aromatic rings. The quantitative estimate of drug-likeness (QED) is 0.771. The lowest BCUT2D eigenvalue weighted by molar-refractivity contribution is 0.0915. The highest BCUT2D eigenvalue weighted by molar-refractivity contribution is 5.95. The smallest absolute Gasteiger partial charge is 0.414 e. The van der Waals surface area contributed by atoms with Crippen molar-refractivity contribution in [2.24, 2.45) is 0 Å². The van der Waals surface area contributed by atoms with E-state index in [1.54, 1.807) is 23.1 Å². The van der Waals surface area contributed by atoms with Gasteiger partial charge >= 0.3 is 6.09 Å². The molecule has 1 fully saturated rings. The third-order valence-corrected chi connectivity index (χ3v) is 4.85. The maximum atomic E-state index is 12.5. The summed E-state index contributed by atoms with van der Waals surface area (Å²) in [5.74, 6) is 1.18. The van der Waals surface area contributed by atoms with E-state index in [0.717, 1.165) is 5.69 Å². The Balaban J connectivity index is 1.61. The molecule has 1 aliphatic heterocycles. The van der Waals surface area contributed by atoms with E-state index in [1.807, 2.05) is 24.3 Å². The number of cyclic esters (lactones) is 1. The Bertz CT molecular complexity index is 857. The first-order valence-corrected chi connectivity index (χ1v) is 9.50. The van der Waals surface area contributed by atoms with Crippen molar-refractivity contribution >= 4 is 17.7 Å². The van der Waals surface area contributed by atoms with Gasteiger partial charge in [-0.15, -0.1) is 0 Å². The van der Waals surface area contributed by atoms with Crippen LogP contribution in [0.2, 0.25) is 0 Å². The Kier molecular flexibility index (Phi) is 6.26. The lowest BCUT2D eigenvalue weighted by Crippen LogP contribution is -2.34. The van der Waals surface area contributed by atoms with E-state index in [4.69, 9.17) is 14.2 Å². The predicted octanol–water partition coefficient (Wildman–Crippen LogP) is 3.58. The Hall–Kier alpha value is -3.22. The first-order valence-electron chi connectivity index (χ1n) is 9.50. The van der Waals surface area contributed by atoms with Crippen LogP contribution in [0.15, 0.2) is 42.5 Å². The van der Waals surface area contributed by atoms with Crippen LogP contribution in [-0.4, -0.2) is 45.4 Å². The molecule has 0 bridgehead atoms. The molecule has 0 saturated carbocycles. The van der Waals surface area contributed by atoms with Crippen LogP contribution in [-0.2, 0) is 4.74 Å². The molecular weight excluding hydrogens is 372 g/mol. The van der Waals surface area contributed by atoms with E-state index < -0.39 is 12.2 Å². The van der Waals surface area contributed by atoms with Gasteiger partial charge in [-0.1, -0.05) is 26.0 Å². The van der Waals surface area contributed by atoms with Crippen molar-refractivity contribution in [2.75, 3.05) is 32.2 Å². The van der Waals surface area contributed by atoms with E-state index in [0.29, 0.717) is 29.5 Å². The van der Waals surface area contributed by atoms with Gasteiger partial charge in [-0.3, -0.25) is 9.69 Å². The number of anilines is 1. The molecule has 1 saturated heterocycles. The van der Waals surface area contributed by atoms with Crippen LogP contribution in [0.4, 0.5) is 10.5 Å². The summed E-state index contributed by atoms with van der Waals surface area (Å²) in [6.07, 6.45) is -0.840. The van der Waals surface area contributed by atoms with Crippen molar-refractivity contribution < 1.29 is 23.8 Å². The summed E-state index contributed by atoms with van der Waals surface area (Å²) in [5.41, 5.74) is 2.40. The average Bonchev–Trinajstić information content (AvgIpc) is 3.12. The van der Waals surface area contributed by atoms with Gasteiger partial charge in [-0.25, -0.2) is 4.79 Å². The van der Waals surface area contributed by atoms with Crippen molar-refractivity contribution in [3.8, 4) is 11.5 Å². The molecule has 7 heteroatoms. The molecule has 1 heterocycles. The summed E-state index contributed by atoms with van der Waals surface area (Å²) in [5, 5.41) is 2.81. The zero-order chi connectivity index (χ0) is 21.0. The fourth-order valence-corrected chi connectivity index (χ4v) is 3.12. The molecule has 154 valence electrons. The van der Waals surface area contributed by atoms with E-state index in [-0.39, 0.29) is 12.5 Å². The fourth-order valence-electron chi connectivity index (χ4n) is 3.12. The highest BCUT2D eigenvalue weighted by atomic mass is 16.6. The van der Waals surface area contributed by atoms with E-state index in [9.17, 15) is 9.59 Å². The van der Waals surface area contributed by atoms with Gasteiger partial charge in [0.15, 0.2) is 0 Å². The molecule has 2 amide bonds. The third kappa shape index (κ3) is 4.80. The van der Waals surface area contributed by atoms with Gasteiger partial charge in [-0.2, -0.15) is 0 Å². The maximum absolute atomic E-state index is 12.5. The van der Waals surface area contributed by atoms with Crippen molar-refractivity contribution in [3.05, 3.63) is 53.6 Å². The zero-order valence-electron chi connectivity index (χ0n) is 17.1. The lowest BCUT2D eigenvalue weighted by atomic mass is 10.0. The van der Waals surface area contributed by atoms with Crippen molar-refractivity contribution in [2.45, 2.75) is 25.9 Å². The van der Waals surface area contributed by atoms with Crippen molar-refractivity contribution in [3.63, 3.8) is 0 Å². The summed E-state index contributed by atoms with van der Waals surface area (Å²) in [6, 6.07) is 12.8. The van der Waals surface area contributed by atoms with Crippen LogP contribution in [0.3, 0.4) is 0 Å². The average molecular weight is 398 g/mol. The maximum Gasteiger partial charge on any atom is 0.414 e. The second-order valence-electron chi connectivity index (χ2n) is 7.17. The van der Waals surface area contributed by atoms with Crippen LogP contribution in [0, 0.1) is 0 Å². The Labute approximate surface area is 170 Å². The number of rotatable bonds is 7. The minimum absolute atomic E-state index is 0.213. The van der Waals surface area contributed by atoms with Crippen molar-refractivity contribution in [1.29, 1.82) is 0 Å². The summed E-state index contributed by atoms with van der Waals surface area (Å²) in [6.45, 7) is 4.83. The number of nitrogens with one attached hydrogen (secondary N) is 1. The second kappa shape index (κ2) is 8.86. The van der Waals surface area contributed by atoms with Gasteiger partial charge in [0.1, 0.15) is 17.6 Å². The third-order valence-electron chi connectivity index (χ3n) is 4.85. The normalized spacial score (nSPS) is 16.0. The SMILES string of the molecule is COc1cc(OC)cc(C(=O)NCC2CN(c3ccc(C(C)C)cc3)C(=O)O2)c1. The molecule has 0 aromatic heterocycles. The van der Waals surface area contributed by atoms with E-state index in [1.165, 1.54) is 19.8 Å². The van der Waals surface area contributed by atoms with Gasteiger partial charge in [0.2, 0.25) is 0 Å². The van der Waals surface area contributed by atoms with Gasteiger partial charge in [0.25, 0.3) is 5.91 Å². The van der Waals surface area contributed by atoms with Crippen LogP contribution in [0.25, 0.3) is 0 Å². The first-order chi connectivity index (χ1) is 13.9. The molecule has 2 aromatic carbocycles. The molecule has 0 radical (unpaired) electrons. The Morgan fingerprint density at radius 1 is 1.14 bits per heavy atom. The summed E-state index contributed by atoms with van der Waals surface area (Å²) in [4.78, 5) is 26.3. The number of nitrogens with zero attached hydrogens (tertiary/aromatic N) is 1. The molecule has 1 unspecified atom stereocenters. The number of ether oxygens (including phenoxy) is 3. The molecule has 1 aliphatic rings. The summed E-state index contributed by atoms with van der Waals surface area (Å²) < 4.78 is 15.8. The summed E-state index contributed by atoms with van der Waals surface area (Å²) in [7, 11) is 3.05.